The Morgan fingerprint density at radius 2 is 1.97 bits per heavy atom. The van der Waals surface area contributed by atoms with Gasteiger partial charge in [-0.1, -0.05) is 30.4 Å². The molecule has 8 heteroatoms. The second-order valence-electron chi connectivity index (χ2n) is 7.12. The van der Waals surface area contributed by atoms with Crippen LogP contribution in [0.1, 0.15) is 50.5 Å². The number of hydrogen-bond acceptors (Lipinski definition) is 4. The Kier molecular flexibility index (Phi) is 9.05. The number of allylic oxidation sites excluding steroid dienone is 5. The monoisotopic (exact) mass is 438 g/mol. The highest BCUT2D eigenvalue weighted by Gasteiger charge is 2.30. The molecule has 168 valence electrons. The van der Waals surface area contributed by atoms with E-state index in [0.29, 0.717) is 37.7 Å². The summed E-state index contributed by atoms with van der Waals surface area (Å²) in [5.41, 5.74) is 0.675. The maximum Gasteiger partial charge on any atom is 0.416 e. The van der Waals surface area contributed by atoms with Gasteiger partial charge in [-0.05, 0) is 49.5 Å². The number of aliphatic hydroxyl groups is 1. The molecule has 0 saturated carbocycles. The third kappa shape index (κ3) is 8.41. The number of benzene rings is 1. The fraction of sp³-hybridized carbons (Fsp3) is 0.391. The number of unbranched alkanes of at least 4 members (excludes halogenated alkanes) is 1. The highest BCUT2D eigenvalue weighted by Crippen LogP contribution is 2.31. The van der Waals surface area contributed by atoms with Gasteiger partial charge in [0.15, 0.2) is 5.78 Å². The molecule has 2 N–H and O–H groups in total. The number of halogens is 3. The predicted molar refractivity (Wildman–Crippen MR) is 108 cm³/mol. The number of carbonyl (C=O) groups is 2. The molecule has 0 spiro atoms. The molecule has 1 aromatic rings. The lowest BCUT2D eigenvalue weighted by Gasteiger charge is -2.13. The largest absolute Gasteiger partial charge is 0.481 e. The van der Waals surface area contributed by atoms with Crippen molar-refractivity contribution in [3.8, 4) is 5.75 Å². The second kappa shape index (κ2) is 11.5. The predicted octanol–water partition coefficient (Wildman–Crippen LogP) is 5.21. The number of carbonyl (C=O) groups excluding carboxylic acids is 1. The molecule has 0 aromatic heterocycles. The minimum absolute atomic E-state index is 0.0479. The number of ketones is 1. The number of rotatable bonds is 11. The van der Waals surface area contributed by atoms with Crippen LogP contribution >= 0.6 is 0 Å². The van der Waals surface area contributed by atoms with E-state index in [-0.39, 0.29) is 24.4 Å². The number of alkyl halides is 3. The fourth-order valence-electron chi connectivity index (χ4n) is 3.13. The van der Waals surface area contributed by atoms with E-state index in [1.165, 1.54) is 12.1 Å². The van der Waals surface area contributed by atoms with Gasteiger partial charge in [0.2, 0.25) is 6.29 Å². The van der Waals surface area contributed by atoms with Gasteiger partial charge in [0.1, 0.15) is 5.75 Å². The van der Waals surface area contributed by atoms with Gasteiger partial charge in [-0.2, -0.15) is 13.2 Å². The van der Waals surface area contributed by atoms with Crippen LogP contribution < -0.4 is 4.74 Å². The van der Waals surface area contributed by atoms with Crippen molar-refractivity contribution in [1.29, 1.82) is 0 Å². The molecule has 31 heavy (non-hydrogen) atoms. The number of hydrogen-bond donors (Lipinski definition) is 2. The van der Waals surface area contributed by atoms with Crippen LogP contribution in [0.4, 0.5) is 13.2 Å². The van der Waals surface area contributed by atoms with Crippen LogP contribution in [0.3, 0.4) is 0 Å². The molecule has 1 aliphatic rings. The zero-order chi connectivity index (χ0) is 22.9. The zero-order valence-electron chi connectivity index (χ0n) is 16.9. The molecule has 0 saturated heterocycles. The molecular weight excluding hydrogens is 413 g/mol. The van der Waals surface area contributed by atoms with Gasteiger partial charge in [0.25, 0.3) is 0 Å². The molecule has 0 fully saturated rings. The Morgan fingerprint density at radius 3 is 2.68 bits per heavy atom. The van der Waals surface area contributed by atoms with Crippen molar-refractivity contribution >= 4 is 11.8 Å². The van der Waals surface area contributed by atoms with E-state index in [1.54, 1.807) is 12.2 Å². The van der Waals surface area contributed by atoms with Crippen LogP contribution in [0.5, 0.6) is 5.75 Å². The molecule has 0 aliphatic heterocycles. The summed E-state index contributed by atoms with van der Waals surface area (Å²) in [6, 6.07) is 4.29. The Bertz CT molecular complexity index is 868. The summed E-state index contributed by atoms with van der Waals surface area (Å²) in [5, 5.41) is 18.6. The summed E-state index contributed by atoms with van der Waals surface area (Å²) in [7, 11) is 0. The molecule has 1 aliphatic carbocycles. The minimum Gasteiger partial charge on any atom is -0.481 e. The van der Waals surface area contributed by atoms with E-state index in [0.717, 1.165) is 17.7 Å². The first-order valence-electron chi connectivity index (χ1n) is 9.97. The van der Waals surface area contributed by atoms with Gasteiger partial charge in [-0.3, -0.25) is 9.59 Å². The van der Waals surface area contributed by atoms with Crippen LogP contribution in [0, 0.1) is 0 Å². The molecule has 0 unspecified atom stereocenters. The van der Waals surface area contributed by atoms with E-state index in [2.05, 4.69) is 0 Å². The average Bonchev–Trinajstić information content (AvgIpc) is 3.03. The standard InChI is InChI=1S/C23H25F3O5/c24-23(25,26)17-8-6-9-18(15-17)31-22(30)12-5-7-16-13-14-20(27)19(16)10-3-1-2-4-11-21(28)29/h1,3,5-9,15,22,30H,2,4,10-14H2,(H,28,29)/b3-1-,7-5+/t22-/m1/s1. The first-order chi connectivity index (χ1) is 14.7. The van der Waals surface area contributed by atoms with Crippen LogP contribution in [-0.2, 0) is 15.8 Å². The van der Waals surface area contributed by atoms with Crippen molar-refractivity contribution in [3.05, 3.63) is 65.3 Å². The third-order valence-corrected chi connectivity index (χ3v) is 4.69. The Balaban J connectivity index is 1.88. The first-order valence-corrected chi connectivity index (χ1v) is 9.97. The smallest absolute Gasteiger partial charge is 0.416 e. The molecule has 0 amide bonds. The summed E-state index contributed by atoms with van der Waals surface area (Å²) in [4.78, 5) is 22.6. The molecule has 1 aromatic carbocycles. The van der Waals surface area contributed by atoms with Gasteiger partial charge >= 0.3 is 12.1 Å². The molecule has 0 heterocycles. The van der Waals surface area contributed by atoms with Gasteiger partial charge in [-0.25, -0.2) is 0 Å². The van der Waals surface area contributed by atoms with E-state index in [1.807, 2.05) is 12.2 Å². The third-order valence-electron chi connectivity index (χ3n) is 4.69. The maximum absolute atomic E-state index is 12.7. The number of aliphatic hydroxyl groups excluding tert-OH is 1. The van der Waals surface area contributed by atoms with Crippen molar-refractivity contribution in [3.63, 3.8) is 0 Å². The van der Waals surface area contributed by atoms with Crippen LogP contribution in [-0.4, -0.2) is 28.3 Å². The lowest BCUT2D eigenvalue weighted by Crippen LogP contribution is -2.15. The summed E-state index contributed by atoms with van der Waals surface area (Å²) < 4.78 is 43.4. The van der Waals surface area contributed by atoms with Crippen LogP contribution in [0.25, 0.3) is 0 Å². The minimum atomic E-state index is -4.49. The summed E-state index contributed by atoms with van der Waals surface area (Å²) in [5.74, 6) is -0.871. The lowest BCUT2D eigenvalue weighted by molar-refractivity contribution is -0.138. The Hall–Kier alpha value is -2.87. The van der Waals surface area contributed by atoms with E-state index in [4.69, 9.17) is 9.84 Å². The van der Waals surface area contributed by atoms with Gasteiger partial charge in [0.05, 0.1) is 5.56 Å². The highest BCUT2D eigenvalue weighted by molar-refractivity contribution is 5.99. The van der Waals surface area contributed by atoms with Gasteiger partial charge < -0.3 is 14.9 Å². The Morgan fingerprint density at radius 1 is 1.19 bits per heavy atom. The first kappa shape index (κ1) is 24.4. The van der Waals surface area contributed by atoms with Crippen molar-refractivity contribution in [2.45, 2.75) is 57.4 Å². The molecule has 0 bridgehead atoms. The van der Waals surface area contributed by atoms with E-state index in [9.17, 15) is 27.9 Å². The Labute approximate surface area is 178 Å². The molecular formula is C23H25F3O5. The lowest BCUT2D eigenvalue weighted by atomic mass is 10.1. The van der Waals surface area contributed by atoms with Crippen LogP contribution in [0.15, 0.2) is 59.7 Å². The molecule has 0 radical (unpaired) electrons. The molecule has 5 nitrogen and oxygen atoms in total. The number of Topliss-reactive ketones (excluding diaryl/α,β-unsaturated/α-hetero) is 1. The van der Waals surface area contributed by atoms with Crippen LogP contribution in [0.2, 0.25) is 0 Å². The van der Waals surface area contributed by atoms with Crippen molar-refractivity contribution < 1.29 is 37.7 Å². The van der Waals surface area contributed by atoms with E-state index < -0.39 is 24.0 Å². The quantitative estimate of drug-likeness (QED) is 0.282. The fourth-order valence-corrected chi connectivity index (χ4v) is 3.13. The highest BCUT2D eigenvalue weighted by atomic mass is 19.4. The normalized spacial score (nSPS) is 15.9. The number of ether oxygens (including phenoxy) is 1. The number of carboxylic acid groups (broad SMARTS) is 1. The molecule has 1 atom stereocenters. The topological polar surface area (TPSA) is 83.8 Å². The summed E-state index contributed by atoms with van der Waals surface area (Å²) in [6.07, 6.45) is 4.00. The van der Waals surface area contributed by atoms with Gasteiger partial charge in [0, 0.05) is 24.8 Å². The second-order valence-corrected chi connectivity index (χ2v) is 7.12. The average molecular weight is 438 g/mol. The SMILES string of the molecule is O=C(O)CCC/C=C\CC1=C(/C=C/C[C@H](O)Oc2cccc(C(F)(F)F)c2)CCC1=O. The van der Waals surface area contributed by atoms with E-state index >= 15 is 0 Å². The number of carboxylic acids is 1. The zero-order valence-corrected chi connectivity index (χ0v) is 16.9. The maximum atomic E-state index is 12.7. The number of aliphatic carboxylic acids is 1. The van der Waals surface area contributed by atoms with Crippen molar-refractivity contribution in [2.24, 2.45) is 0 Å². The van der Waals surface area contributed by atoms with Crippen molar-refractivity contribution in [1.82, 2.24) is 0 Å². The van der Waals surface area contributed by atoms with Gasteiger partial charge in [-0.15, -0.1) is 0 Å². The van der Waals surface area contributed by atoms with Crippen molar-refractivity contribution in [2.75, 3.05) is 0 Å². The summed E-state index contributed by atoms with van der Waals surface area (Å²) in [6.45, 7) is 0. The molecule has 2 rings (SSSR count). The summed E-state index contributed by atoms with van der Waals surface area (Å²) >= 11 is 0.